The van der Waals surface area contributed by atoms with E-state index < -0.39 is 5.66 Å². The molecule has 2 aromatic carbocycles. The Morgan fingerprint density at radius 2 is 1.71 bits per heavy atom. The van der Waals surface area contributed by atoms with Crippen LogP contribution in [0.4, 0.5) is 14.9 Å². The normalized spacial score (nSPS) is 18.3. The van der Waals surface area contributed by atoms with Crippen LogP contribution in [0.5, 0.6) is 5.75 Å². The summed E-state index contributed by atoms with van der Waals surface area (Å²) in [5.41, 5.74) is 3.76. The van der Waals surface area contributed by atoms with E-state index in [1.165, 1.54) is 17.1 Å². The van der Waals surface area contributed by atoms with Crippen molar-refractivity contribution in [3.05, 3.63) is 59.9 Å². The molecule has 2 N–H and O–H groups in total. The average Bonchev–Trinajstić information content (AvgIpc) is 3.04. The molecule has 8 heteroatoms. The van der Waals surface area contributed by atoms with Crippen molar-refractivity contribution in [3.8, 4) is 5.75 Å². The largest absolute Gasteiger partial charge is 0.497 e. The number of hydrogen-bond acceptors (Lipinski definition) is 4. The second-order valence-corrected chi connectivity index (χ2v) is 6.96. The quantitative estimate of drug-likeness (QED) is 0.853. The number of benzene rings is 2. The maximum absolute atomic E-state index is 13.1. The first-order chi connectivity index (χ1) is 13.5. The van der Waals surface area contributed by atoms with Crippen LogP contribution in [-0.4, -0.2) is 42.7 Å². The molecule has 0 atom stereocenters. The second-order valence-electron chi connectivity index (χ2n) is 6.96. The van der Waals surface area contributed by atoms with Crippen molar-refractivity contribution in [1.82, 2.24) is 15.6 Å². The molecule has 2 aliphatic heterocycles. The predicted octanol–water partition coefficient (Wildman–Crippen LogP) is 2.50. The molecule has 146 valence electrons. The SMILES string of the molecule is COc1ccc(C(=O)N2CCC3(CC2)NC(=O)N(c2ccc(F)cc2)N3)cc1. The van der Waals surface area contributed by atoms with Crippen LogP contribution in [0.1, 0.15) is 23.2 Å². The highest BCUT2D eigenvalue weighted by Crippen LogP contribution is 2.28. The van der Waals surface area contributed by atoms with Crippen LogP contribution in [0.3, 0.4) is 0 Å². The molecule has 4 rings (SSSR count). The van der Waals surface area contributed by atoms with E-state index in [0.29, 0.717) is 42.9 Å². The molecule has 0 radical (unpaired) electrons. The second kappa shape index (κ2) is 7.12. The summed E-state index contributed by atoms with van der Waals surface area (Å²) in [5.74, 6) is 0.300. The summed E-state index contributed by atoms with van der Waals surface area (Å²) in [4.78, 5) is 26.9. The third-order valence-electron chi connectivity index (χ3n) is 5.20. The number of carbonyl (C=O) groups is 2. The summed E-state index contributed by atoms with van der Waals surface area (Å²) in [7, 11) is 1.58. The van der Waals surface area contributed by atoms with E-state index in [1.54, 1.807) is 48.4 Å². The standard InChI is InChI=1S/C20H21FN4O3/c1-28-17-8-2-14(3-9-17)18(26)24-12-10-20(11-13-24)22-19(27)25(23-20)16-6-4-15(21)5-7-16/h2-9,23H,10-13H2,1H3,(H,22,27). The van der Waals surface area contributed by atoms with Gasteiger partial charge in [0.15, 0.2) is 0 Å². The number of nitrogens with one attached hydrogen (secondary N) is 2. The van der Waals surface area contributed by atoms with Crippen molar-refractivity contribution in [3.63, 3.8) is 0 Å². The van der Waals surface area contributed by atoms with Gasteiger partial charge in [0.1, 0.15) is 17.2 Å². The van der Waals surface area contributed by atoms with Crippen molar-refractivity contribution in [2.24, 2.45) is 0 Å². The molecule has 2 fully saturated rings. The summed E-state index contributed by atoms with van der Waals surface area (Å²) in [5, 5.41) is 4.36. The molecular formula is C20H21FN4O3. The number of ether oxygens (including phenoxy) is 1. The van der Waals surface area contributed by atoms with E-state index in [0.717, 1.165) is 0 Å². The van der Waals surface area contributed by atoms with Gasteiger partial charge in [-0.15, -0.1) is 0 Å². The number of hydrogen-bond donors (Lipinski definition) is 2. The van der Waals surface area contributed by atoms with Crippen LogP contribution < -0.4 is 20.5 Å². The minimum atomic E-state index is -0.609. The van der Waals surface area contributed by atoms with Crippen molar-refractivity contribution >= 4 is 17.6 Å². The van der Waals surface area contributed by atoms with E-state index in [2.05, 4.69) is 10.7 Å². The Labute approximate surface area is 162 Å². The molecule has 2 saturated heterocycles. The number of amides is 3. The monoisotopic (exact) mass is 384 g/mol. The van der Waals surface area contributed by atoms with E-state index >= 15 is 0 Å². The first kappa shape index (κ1) is 18.2. The van der Waals surface area contributed by atoms with E-state index in [1.807, 2.05) is 0 Å². The van der Waals surface area contributed by atoms with Crippen LogP contribution in [-0.2, 0) is 0 Å². The van der Waals surface area contributed by atoms with Gasteiger partial charge in [-0.2, -0.15) is 0 Å². The van der Waals surface area contributed by atoms with E-state index in [4.69, 9.17) is 4.74 Å². The van der Waals surface area contributed by atoms with Gasteiger partial charge in [-0.25, -0.2) is 19.6 Å². The highest BCUT2D eigenvalue weighted by atomic mass is 19.1. The highest BCUT2D eigenvalue weighted by Gasteiger charge is 2.45. The van der Waals surface area contributed by atoms with Crippen LogP contribution in [0.2, 0.25) is 0 Å². The fraction of sp³-hybridized carbons (Fsp3) is 0.300. The molecule has 2 aromatic rings. The number of carbonyl (C=O) groups excluding carboxylic acids is 2. The van der Waals surface area contributed by atoms with Gasteiger partial charge < -0.3 is 15.0 Å². The Bertz CT molecular complexity index is 877. The molecule has 0 saturated carbocycles. The summed E-state index contributed by atoms with van der Waals surface area (Å²) in [6.45, 7) is 1.02. The average molecular weight is 384 g/mol. The Morgan fingerprint density at radius 1 is 1.07 bits per heavy atom. The van der Waals surface area contributed by atoms with E-state index in [-0.39, 0.29) is 17.8 Å². The zero-order valence-corrected chi connectivity index (χ0v) is 15.4. The zero-order valence-electron chi connectivity index (χ0n) is 15.4. The highest BCUT2D eigenvalue weighted by molar-refractivity contribution is 5.95. The Kier molecular flexibility index (Phi) is 4.64. The van der Waals surface area contributed by atoms with Gasteiger partial charge in [-0.3, -0.25) is 4.79 Å². The number of likely N-dealkylation sites (tertiary alicyclic amines) is 1. The zero-order chi connectivity index (χ0) is 19.7. The fourth-order valence-corrected chi connectivity index (χ4v) is 3.57. The molecule has 0 aromatic heterocycles. The first-order valence-corrected chi connectivity index (χ1v) is 9.09. The number of piperidine rings is 1. The Balaban J connectivity index is 1.41. The predicted molar refractivity (Wildman–Crippen MR) is 101 cm³/mol. The summed E-state index contributed by atoms with van der Waals surface area (Å²) >= 11 is 0. The maximum Gasteiger partial charge on any atom is 0.338 e. The molecular weight excluding hydrogens is 363 g/mol. The van der Waals surface area contributed by atoms with Gasteiger partial charge >= 0.3 is 6.03 Å². The molecule has 2 heterocycles. The lowest BCUT2D eigenvalue weighted by atomic mass is 9.97. The molecule has 1 spiro atoms. The minimum absolute atomic E-state index is 0.0442. The van der Waals surface area contributed by atoms with Crippen molar-refractivity contribution in [2.75, 3.05) is 25.2 Å². The van der Waals surface area contributed by atoms with Crippen molar-refractivity contribution < 1.29 is 18.7 Å². The summed E-state index contributed by atoms with van der Waals surface area (Å²) < 4.78 is 18.3. The number of rotatable bonds is 3. The van der Waals surface area contributed by atoms with Gasteiger partial charge in [-0.1, -0.05) is 0 Å². The maximum atomic E-state index is 13.1. The summed E-state index contributed by atoms with van der Waals surface area (Å²) in [6, 6.07) is 12.4. The third-order valence-corrected chi connectivity index (χ3v) is 5.20. The van der Waals surface area contributed by atoms with Gasteiger partial charge in [0.05, 0.1) is 12.8 Å². The molecule has 7 nitrogen and oxygen atoms in total. The molecule has 3 amide bonds. The van der Waals surface area contributed by atoms with Crippen LogP contribution in [0.25, 0.3) is 0 Å². The smallest absolute Gasteiger partial charge is 0.338 e. The number of anilines is 1. The molecule has 2 aliphatic rings. The lowest BCUT2D eigenvalue weighted by Crippen LogP contribution is -2.58. The number of methoxy groups -OCH3 is 1. The van der Waals surface area contributed by atoms with Crippen molar-refractivity contribution in [2.45, 2.75) is 18.5 Å². The van der Waals surface area contributed by atoms with E-state index in [9.17, 15) is 14.0 Å². The lowest BCUT2D eigenvalue weighted by Gasteiger charge is -2.38. The number of hydrazine groups is 1. The minimum Gasteiger partial charge on any atom is -0.497 e. The van der Waals surface area contributed by atoms with Gasteiger partial charge in [0.25, 0.3) is 5.91 Å². The number of urea groups is 1. The lowest BCUT2D eigenvalue weighted by molar-refractivity contribution is 0.0640. The number of nitrogens with zero attached hydrogens (tertiary/aromatic N) is 2. The topological polar surface area (TPSA) is 73.9 Å². The van der Waals surface area contributed by atoms with Crippen molar-refractivity contribution in [1.29, 1.82) is 0 Å². The van der Waals surface area contributed by atoms with Crippen LogP contribution >= 0.6 is 0 Å². The van der Waals surface area contributed by atoms with Gasteiger partial charge in [-0.05, 0) is 48.5 Å². The molecule has 28 heavy (non-hydrogen) atoms. The Morgan fingerprint density at radius 3 is 2.32 bits per heavy atom. The Hall–Kier alpha value is -3.13. The van der Waals surface area contributed by atoms with Crippen LogP contribution in [0, 0.1) is 5.82 Å². The first-order valence-electron chi connectivity index (χ1n) is 9.09. The fourth-order valence-electron chi connectivity index (χ4n) is 3.57. The summed E-state index contributed by atoms with van der Waals surface area (Å²) in [6.07, 6.45) is 1.14. The third kappa shape index (κ3) is 3.38. The molecule has 0 unspecified atom stereocenters. The van der Waals surface area contributed by atoms with Gasteiger partial charge in [0, 0.05) is 31.5 Å². The van der Waals surface area contributed by atoms with Gasteiger partial charge in [0.2, 0.25) is 0 Å². The molecule has 0 bridgehead atoms. The molecule has 0 aliphatic carbocycles. The number of halogens is 1. The van der Waals surface area contributed by atoms with Crippen LogP contribution in [0.15, 0.2) is 48.5 Å².